The zero-order valence-electron chi connectivity index (χ0n) is 10.3. The largest absolute Gasteiger partial charge is 0.487 e. The summed E-state index contributed by atoms with van der Waals surface area (Å²) in [7, 11) is 1.71. The molecule has 1 aromatic carbocycles. The van der Waals surface area contributed by atoms with Crippen molar-refractivity contribution in [3.05, 3.63) is 47.3 Å². The van der Waals surface area contributed by atoms with Crippen LogP contribution < -0.4 is 4.74 Å². The highest BCUT2D eigenvalue weighted by atomic mass is 16.5. The van der Waals surface area contributed by atoms with Gasteiger partial charge in [-0.25, -0.2) is 4.79 Å². The Morgan fingerprint density at radius 1 is 1.39 bits per heavy atom. The Labute approximate surface area is 105 Å². The molecule has 5 nitrogen and oxygen atoms in total. The fraction of sp³-hybridized carbons (Fsp3) is 0.231. The summed E-state index contributed by atoms with van der Waals surface area (Å²) >= 11 is 0. The zero-order chi connectivity index (χ0) is 13.1. The molecule has 0 radical (unpaired) electrons. The molecule has 0 atom stereocenters. The molecule has 18 heavy (non-hydrogen) atoms. The molecule has 0 aliphatic rings. The van der Waals surface area contributed by atoms with Crippen molar-refractivity contribution in [3.8, 4) is 5.75 Å². The molecule has 0 fully saturated rings. The van der Waals surface area contributed by atoms with Gasteiger partial charge in [0.15, 0.2) is 0 Å². The number of nitrogens with zero attached hydrogens (tertiary/aromatic N) is 2. The number of aromatic carboxylic acids is 1. The summed E-state index contributed by atoms with van der Waals surface area (Å²) in [5.74, 6) is -0.278. The maximum absolute atomic E-state index is 11.2. The minimum atomic E-state index is -0.979. The number of para-hydroxylation sites is 1. The van der Waals surface area contributed by atoms with Crippen LogP contribution in [-0.2, 0) is 13.7 Å². The smallest absolute Gasteiger partial charge is 0.339 e. The van der Waals surface area contributed by atoms with Gasteiger partial charge in [-0.05, 0) is 19.1 Å². The second-order valence-electron chi connectivity index (χ2n) is 3.94. The highest BCUT2D eigenvalue weighted by molar-refractivity contribution is 5.90. The number of carboxylic acid groups (broad SMARTS) is 1. The molecule has 0 amide bonds. The number of aromatic nitrogens is 2. The number of hydrogen-bond acceptors (Lipinski definition) is 3. The van der Waals surface area contributed by atoms with E-state index in [1.165, 1.54) is 0 Å². The summed E-state index contributed by atoms with van der Waals surface area (Å²) in [6, 6.07) is 9.26. The highest BCUT2D eigenvalue weighted by Crippen LogP contribution is 2.16. The van der Waals surface area contributed by atoms with Crippen molar-refractivity contribution in [3.63, 3.8) is 0 Å². The quantitative estimate of drug-likeness (QED) is 0.896. The van der Waals surface area contributed by atoms with Crippen molar-refractivity contribution in [2.75, 3.05) is 0 Å². The van der Waals surface area contributed by atoms with Crippen molar-refractivity contribution in [1.29, 1.82) is 0 Å². The van der Waals surface area contributed by atoms with Gasteiger partial charge in [0.1, 0.15) is 17.9 Å². The Balaban J connectivity index is 2.22. The molecule has 0 bridgehead atoms. The molecule has 5 heteroatoms. The first kappa shape index (κ1) is 12.2. The van der Waals surface area contributed by atoms with Gasteiger partial charge in [-0.1, -0.05) is 18.2 Å². The summed E-state index contributed by atoms with van der Waals surface area (Å²) in [6.07, 6.45) is 0. The molecular weight excluding hydrogens is 232 g/mol. The SMILES string of the molecule is Cc1nn(C)c(COc2ccccc2)c1C(=O)O. The predicted octanol–water partition coefficient (Wildman–Crippen LogP) is 2.01. The first-order valence-corrected chi connectivity index (χ1v) is 5.53. The van der Waals surface area contributed by atoms with Crippen LogP contribution in [0.15, 0.2) is 30.3 Å². The van der Waals surface area contributed by atoms with Gasteiger partial charge in [-0.15, -0.1) is 0 Å². The minimum absolute atomic E-state index is 0.184. The van der Waals surface area contributed by atoms with E-state index in [1.54, 1.807) is 18.7 Å². The van der Waals surface area contributed by atoms with Crippen LogP contribution in [0.3, 0.4) is 0 Å². The summed E-state index contributed by atoms with van der Waals surface area (Å²) in [5.41, 5.74) is 1.27. The first-order chi connectivity index (χ1) is 8.59. The van der Waals surface area contributed by atoms with Crippen molar-refractivity contribution < 1.29 is 14.6 Å². The standard InChI is InChI=1S/C13H14N2O3/c1-9-12(13(16)17)11(15(2)14-9)8-18-10-6-4-3-5-7-10/h3-7H,8H2,1-2H3,(H,16,17). The molecular formula is C13H14N2O3. The molecule has 0 aliphatic carbocycles. The van der Waals surface area contributed by atoms with Crippen LogP contribution in [0.25, 0.3) is 0 Å². The molecule has 0 saturated heterocycles. The number of ether oxygens (including phenoxy) is 1. The van der Waals surface area contributed by atoms with Crippen LogP contribution in [0.5, 0.6) is 5.75 Å². The van der Waals surface area contributed by atoms with E-state index in [0.29, 0.717) is 17.1 Å². The van der Waals surface area contributed by atoms with Gasteiger partial charge >= 0.3 is 5.97 Å². The molecule has 94 valence electrons. The maximum atomic E-state index is 11.2. The van der Waals surface area contributed by atoms with Crippen LogP contribution in [0.4, 0.5) is 0 Å². The first-order valence-electron chi connectivity index (χ1n) is 5.53. The summed E-state index contributed by atoms with van der Waals surface area (Å²) in [5, 5.41) is 13.2. The topological polar surface area (TPSA) is 64.4 Å². The molecule has 0 aliphatic heterocycles. The Hall–Kier alpha value is -2.30. The lowest BCUT2D eigenvalue weighted by Crippen LogP contribution is -2.08. The molecule has 2 aromatic rings. The summed E-state index contributed by atoms with van der Waals surface area (Å²) < 4.78 is 7.10. The Kier molecular flexibility index (Phi) is 3.32. The lowest BCUT2D eigenvalue weighted by atomic mass is 10.2. The van der Waals surface area contributed by atoms with E-state index in [2.05, 4.69) is 5.10 Å². The van der Waals surface area contributed by atoms with E-state index in [9.17, 15) is 4.79 Å². The van der Waals surface area contributed by atoms with Gasteiger partial charge < -0.3 is 9.84 Å². The van der Waals surface area contributed by atoms with Crippen LogP contribution in [-0.4, -0.2) is 20.9 Å². The summed E-state index contributed by atoms with van der Waals surface area (Å²) in [4.78, 5) is 11.2. The van der Waals surface area contributed by atoms with Crippen LogP contribution in [0.1, 0.15) is 21.7 Å². The van der Waals surface area contributed by atoms with Crippen LogP contribution in [0, 0.1) is 6.92 Å². The Morgan fingerprint density at radius 2 is 2.06 bits per heavy atom. The van der Waals surface area contributed by atoms with E-state index in [-0.39, 0.29) is 12.2 Å². The lowest BCUT2D eigenvalue weighted by molar-refractivity contribution is 0.0693. The fourth-order valence-electron chi connectivity index (χ4n) is 1.82. The second-order valence-corrected chi connectivity index (χ2v) is 3.94. The normalized spacial score (nSPS) is 10.3. The molecule has 1 aromatic heterocycles. The second kappa shape index (κ2) is 4.91. The fourth-order valence-corrected chi connectivity index (χ4v) is 1.82. The molecule has 0 unspecified atom stereocenters. The molecule has 1 N–H and O–H groups in total. The van der Waals surface area contributed by atoms with Crippen LogP contribution in [0.2, 0.25) is 0 Å². The van der Waals surface area contributed by atoms with E-state index >= 15 is 0 Å². The zero-order valence-corrected chi connectivity index (χ0v) is 10.3. The number of aryl methyl sites for hydroxylation is 2. The Bertz CT molecular complexity index is 561. The van der Waals surface area contributed by atoms with Gasteiger partial charge in [-0.3, -0.25) is 4.68 Å². The third-order valence-electron chi connectivity index (χ3n) is 2.67. The molecule has 0 spiro atoms. The van der Waals surface area contributed by atoms with E-state index < -0.39 is 5.97 Å². The lowest BCUT2D eigenvalue weighted by Gasteiger charge is -2.07. The molecule has 2 rings (SSSR count). The number of carboxylic acids is 1. The average Bonchev–Trinajstić information content (AvgIpc) is 2.62. The number of carbonyl (C=O) groups is 1. The van der Waals surface area contributed by atoms with Crippen molar-refractivity contribution in [1.82, 2.24) is 9.78 Å². The van der Waals surface area contributed by atoms with Crippen molar-refractivity contribution >= 4 is 5.97 Å². The Morgan fingerprint density at radius 3 is 2.67 bits per heavy atom. The van der Waals surface area contributed by atoms with E-state index in [1.807, 2.05) is 30.3 Å². The minimum Gasteiger partial charge on any atom is -0.487 e. The number of rotatable bonds is 4. The predicted molar refractivity (Wildman–Crippen MR) is 65.7 cm³/mol. The average molecular weight is 246 g/mol. The van der Waals surface area contributed by atoms with Gasteiger partial charge in [0, 0.05) is 7.05 Å². The van der Waals surface area contributed by atoms with Crippen LogP contribution >= 0.6 is 0 Å². The maximum Gasteiger partial charge on any atom is 0.339 e. The van der Waals surface area contributed by atoms with Gasteiger partial charge in [0.05, 0.1) is 11.4 Å². The van der Waals surface area contributed by atoms with Gasteiger partial charge in [0.25, 0.3) is 0 Å². The third-order valence-corrected chi connectivity index (χ3v) is 2.67. The van der Waals surface area contributed by atoms with E-state index in [0.717, 1.165) is 0 Å². The third kappa shape index (κ3) is 2.34. The monoisotopic (exact) mass is 246 g/mol. The number of hydrogen-bond donors (Lipinski definition) is 1. The molecule has 0 saturated carbocycles. The number of benzene rings is 1. The van der Waals surface area contributed by atoms with Crippen molar-refractivity contribution in [2.45, 2.75) is 13.5 Å². The highest BCUT2D eigenvalue weighted by Gasteiger charge is 2.19. The molecule has 1 heterocycles. The summed E-state index contributed by atoms with van der Waals surface area (Å²) in [6.45, 7) is 1.86. The van der Waals surface area contributed by atoms with Gasteiger partial charge in [-0.2, -0.15) is 5.10 Å². The van der Waals surface area contributed by atoms with Gasteiger partial charge in [0.2, 0.25) is 0 Å². The van der Waals surface area contributed by atoms with Crippen molar-refractivity contribution in [2.24, 2.45) is 7.05 Å². The van der Waals surface area contributed by atoms with E-state index in [4.69, 9.17) is 9.84 Å².